The maximum Gasteiger partial charge on any atom is 0.306 e. The first-order chi connectivity index (χ1) is 15.7. The topological polar surface area (TPSA) is 44.8 Å². The number of esters is 1. The molecule has 1 heterocycles. The lowest BCUT2D eigenvalue weighted by atomic mass is 9.84. The fourth-order valence-electron chi connectivity index (χ4n) is 5.12. The maximum atomic E-state index is 14.5. The molecule has 4 nitrogen and oxygen atoms in total. The minimum Gasteiger partial charge on any atom is -0.487 e. The Morgan fingerprint density at radius 3 is 2.73 bits per heavy atom. The number of fused-ring (bicyclic) bond motifs is 1. The molecule has 0 unspecified atom stereocenters. The van der Waals surface area contributed by atoms with Crippen LogP contribution in [-0.4, -0.2) is 37.3 Å². The average Bonchev–Trinajstić information content (AvgIpc) is 2.93. The molecule has 184 valence electrons. The first-order valence-corrected chi connectivity index (χ1v) is 12.3. The first-order valence-electron chi connectivity index (χ1n) is 12.3. The van der Waals surface area contributed by atoms with Crippen molar-refractivity contribution in [3.63, 3.8) is 0 Å². The van der Waals surface area contributed by atoms with Gasteiger partial charge < -0.3 is 14.2 Å². The molecule has 1 saturated heterocycles. The zero-order chi connectivity index (χ0) is 23.8. The number of carbonyl (C=O) groups is 1. The number of para-hydroxylation sites is 1. The highest BCUT2D eigenvalue weighted by molar-refractivity contribution is 5.69. The standard InChI is InChI=1S/C27H38F2O4/c1-19(2)33-26(30)11-7-8-21-12-13-24-23(20(3)16-25(24)31-17-21)14-15-27(28,29)18-32-22-9-5-4-6-10-22/h4-6,9-10,14-15,19-21,23-25H,7-8,11-13,16-18H2,1-3H3/b15-14+/t20-,21+,23+,24-,25+/m1/s1. The van der Waals surface area contributed by atoms with Gasteiger partial charge in [0.05, 0.1) is 12.2 Å². The third-order valence-corrected chi connectivity index (χ3v) is 6.78. The van der Waals surface area contributed by atoms with Gasteiger partial charge in [0.2, 0.25) is 0 Å². The molecule has 6 heteroatoms. The van der Waals surface area contributed by atoms with Gasteiger partial charge in [0.25, 0.3) is 5.92 Å². The van der Waals surface area contributed by atoms with Gasteiger partial charge in [0.15, 0.2) is 6.61 Å². The molecule has 0 N–H and O–H groups in total. The third kappa shape index (κ3) is 8.09. The van der Waals surface area contributed by atoms with Crippen molar-refractivity contribution < 1.29 is 27.8 Å². The molecule has 1 aliphatic carbocycles. The van der Waals surface area contributed by atoms with Gasteiger partial charge in [-0.1, -0.05) is 31.2 Å². The summed E-state index contributed by atoms with van der Waals surface area (Å²) in [6.07, 6.45) is 7.81. The largest absolute Gasteiger partial charge is 0.487 e. The van der Waals surface area contributed by atoms with Gasteiger partial charge in [-0.25, -0.2) is 0 Å². The molecule has 2 fully saturated rings. The van der Waals surface area contributed by atoms with E-state index in [4.69, 9.17) is 14.2 Å². The van der Waals surface area contributed by atoms with Crippen LogP contribution in [0.5, 0.6) is 5.75 Å². The van der Waals surface area contributed by atoms with E-state index in [0.29, 0.717) is 30.6 Å². The number of halogens is 2. The van der Waals surface area contributed by atoms with Crippen LogP contribution in [0.25, 0.3) is 0 Å². The van der Waals surface area contributed by atoms with E-state index in [-0.39, 0.29) is 30.0 Å². The molecule has 0 bridgehead atoms. The van der Waals surface area contributed by atoms with Gasteiger partial charge in [-0.2, -0.15) is 8.78 Å². The Bertz CT molecular complexity index is 765. The van der Waals surface area contributed by atoms with Gasteiger partial charge in [0, 0.05) is 13.0 Å². The van der Waals surface area contributed by atoms with Crippen LogP contribution < -0.4 is 4.74 Å². The van der Waals surface area contributed by atoms with Gasteiger partial charge in [-0.3, -0.25) is 4.79 Å². The smallest absolute Gasteiger partial charge is 0.306 e. The van der Waals surface area contributed by atoms with Crippen LogP contribution in [0.3, 0.4) is 0 Å². The van der Waals surface area contributed by atoms with Crippen molar-refractivity contribution in [1.29, 1.82) is 0 Å². The van der Waals surface area contributed by atoms with E-state index in [1.165, 1.54) is 0 Å². The Hall–Kier alpha value is -1.95. The summed E-state index contributed by atoms with van der Waals surface area (Å²) in [5.41, 5.74) is 0. The third-order valence-electron chi connectivity index (χ3n) is 6.78. The molecule has 1 saturated carbocycles. The fourth-order valence-corrected chi connectivity index (χ4v) is 5.12. The molecule has 0 spiro atoms. The predicted molar refractivity (Wildman–Crippen MR) is 124 cm³/mol. The summed E-state index contributed by atoms with van der Waals surface area (Å²) in [6, 6.07) is 8.70. The summed E-state index contributed by atoms with van der Waals surface area (Å²) in [5, 5.41) is 0. The molecule has 0 aromatic heterocycles. The molecule has 1 aliphatic heterocycles. The molecule has 1 aromatic rings. The lowest BCUT2D eigenvalue weighted by molar-refractivity contribution is -0.147. The van der Waals surface area contributed by atoms with Crippen LogP contribution in [-0.2, 0) is 14.3 Å². The fraction of sp³-hybridized carbons (Fsp3) is 0.667. The number of benzene rings is 1. The Morgan fingerprint density at radius 1 is 1.24 bits per heavy atom. The summed E-state index contributed by atoms with van der Waals surface area (Å²) >= 11 is 0. The first kappa shape index (κ1) is 25.7. The minimum absolute atomic E-state index is 0.0809. The summed E-state index contributed by atoms with van der Waals surface area (Å²) in [6.45, 7) is 5.86. The Labute approximate surface area is 196 Å². The molecule has 2 aliphatic rings. The van der Waals surface area contributed by atoms with Crippen LogP contribution in [0.15, 0.2) is 42.5 Å². The van der Waals surface area contributed by atoms with E-state index in [1.807, 2.05) is 19.9 Å². The second-order valence-electron chi connectivity index (χ2n) is 9.92. The van der Waals surface area contributed by atoms with Crippen molar-refractivity contribution >= 4 is 5.97 Å². The van der Waals surface area contributed by atoms with Crippen LogP contribution in [0.4, 0.5) is 8.78 Å². The predicted octanol–water partition coefficient (Wildman–Crippen LogP) is 6.45. The summed E-state index contributed by atoms with van der Waals surface area (Å²) in [5.74, 6) is -1.66. The normalized spacial score (nSPS) is 28.0. The average molecular weight is 465 g/mol. The number of ether oxygens (including phenoxy) is 3. The van der Waals surface area contributed by atoms with E-state index in [1.54, 1.807) is 30.3 Å². The van der Waals surface area contributed by atoms with E-state index < -0.39 is 12.5 Å². The van der Waals surface area contributed by atoms with Gasteiger partial charge >= 0.3 is 5.97 Å². The van der Waals surface area contributed by atoms with Gasteiger partial charge in [0.1, 0.15) is 5.75 Å². The molecule has 33 heavy (non-hydrogen) atoms. The highest BCUT2D eigenvalue weighted by Crippen LogP contribution is 2.45. The number of carbonyl (C=O) groups excluding carboxylic acids is 1. The maximum absolute atomic E-state index is 14.5. The Balaban J connectivity index is 1.49. The van der Waals surface area contributed by atoms with Crippen molar-refractivity contribution in [2.45, 2.75) is 77.4 Å². The van der Waals surface area contributed by atoms with Crippen LogP contribution in [0.1, 0.15) is 59.3 Å². The zero-order valence-electron chi connectivity index (χ0n) is 20.1. The van der Waals surface area contributed by atoms with Crippen molar-refractivity contribution in [2.75, 3.05) is 13.2 Å². The van der Waals surface area contributed by atoms with Crippen molar-refractivity contribution in [2.24, 2.45) is 23.7 Å². The lowest BCUT2D eigenvalue weighted by Crippen LogP contribution is -2.24. The Morgan fingerprint density at radius 2 is 2.00 bits per heavy atom. The van der Waals surface area contributed by atoms with E-state index in [0.717, 1.165) is 38.2 Å². The van der Waals surface area contributed by atoms with E-state index in [9.17, 15) is 13.6 Å². The highest BCUT2D eigenvalue weighted by Gasteiger charge is 2.42. The van der Waals surface area contributed by atoms with E-state index in [2.05, 4.69) is 6.92 Å². The zero-order valence-corrected chi connectivity index (χ0v) is 20.1. The Kier molecular flexibility index (Phi) is 9.30. The molecule has 1 aromatic carbocycles. The van der Waals surface area contributed by atoms with Crippen molar-refractivity contribution in [1.82, 2.24) is 0 Å². The molecular weight excluding hydrogens is 426 g/mol. The minimum atomic E-state index is -3.02. The van der Waals surface area contributed by atoms with Gasteiger partial charge in [-0.15, -0.1) is 0 Å². The number of hydrogen-bond donors (Lipinski definition) is 0. The summed E-state index contributed by atoms with van der Waals surface area (Å²) in [4.78, 5) is 11.8. The van der Waals surface area contributed by atoms with Crippen molar-refractivity contribution in [3.05, 3.63) is 42.5 Å². The lowest BCUT2D eigenvalue weighted by Gasteiger charge is -2.22. The summed E-state index contributed by atoms with van der Waals surface area (Å²) < 4.78 is 45.6. The monoisotopic (exact) mass is 464 g/mol. The molecule has 0 amide bonds. The highest BCUT2D eigenvalue weighted by atomic mass is 19.3. The second kappa shape index (κ2) is 12.0. The molecule has 0 radical (unpaired) electrons. The number of hydrogen-bond acceptors (Lipinski definition) is 4. The second-order valence-corrected chi connectivity index (χ2v) is 9.92. The number of allylic oxidation sites excluding steroid dienone is 1. The van der Waals surface area contributed by atoms with Gasteiger partial charge in [-0.05, 0) is 87.8 Å². The molecule has 3 rings (SSSR count). The number of rotatable bonds is 10. The molecule has 5 atom stereocenters. The van der Waals surface area contributed by atoms with Crippen molar-refractivity contribution in [3.8, 4) is 5.75 Å². The molecular formula is C27H38F2O4. The quantitative estimate of drug-likeness (QED) is 0.295. The van der Waals surface area contributed by atoms with Crippen LogP contribution >= 0.6 is 0 Å². The van der Waals surface area contributed by atoms with Crippen LogP contribution in [0.2, 0.25) is 0 Å². The summed E-state index contributed by atoms with van der Waals surface area (Å²) in [7, 11) is 0. The SMILES string of the molecule is CC(C)OC(=O)CCC[C@H]1CC[C@@H]2[C@@H](/C=C/C(F)(F)COc3ccccc3)[C@H](C)C[C@@H]2OC1. The van der Waals surface area contributed by atoms with E-state index >= 15 is 0 Å². The van der Waals surface area contributed by atoms with Crippen LogP contribution in [0, 0.1) is 23.7 Å². The number of alkyl halides is 2.